The highest BCUT2D eigenvalue weighted by molar-refractivity contribution is 7.09. The summed E-state index contributed by atoms with van der Waals surface area (Å²) in [4.78, 5) is 4.59. The van der Waals surface area contributed by atoms with Gasteiger partial charge in [-0.25, -0.2) is 4.98 Å². The topological polar surface area (TPSA) is 57.4 Å². The van der Waals surface area contributed by atoms with E-state index in [1.807, 2.05) is 30.5 Å². The summed E-state index contributed by atoms with van der Waals surface area (Å²) < 4.78 is 10.5. The predicted octanol–water partition coefficient (Wildman–Crippen LogP) is 2.72. The van der Waals surface area contributed by atoms with E-state index in [4.69, 9.17) is 15.2 Å². The van der Waals surface area contributed by atoms with Crippen LogP contribution < -0.4 is 15.2 Å². The molecule has 0 fully saturated rings. The van der Waals surface area contributed by atoms with Crippen LogP contribution in [0.1, 0.15) is 11.9 Å². The molecule has 0 aliphatic rings. The molecule has 102 valence electrons. The van der Waals surface area contributed by atoms with E-state index in [2.05, 4.69) is 4.98 Å². The largest absolute Gasteiger partial charge is 0.493 e. The molecular formula is C14H18N2O2S. The molecule has 0 saturated heterocycles. The number of hydrogen-bond donors (Lipinski definition) is 1. The lowest BCUT2D eigenvalue weighted by molar-refractivity contribution is 0.355. The molecule has 2 aromatic rings. The second kappa shape index (κ2) is 6.04. The van der Waals surface area contributed by atoms with Gasteiger partial charge < -0.3 is 15.2 Å². The van der Waals surface area contributed by atoms with Crippen LogP contribution in [0.3, 0.4) is 0 Å². The monoisotopic (exact) mass is 278 g/mol. The van der Waals surface area contributed by atoms with Crippen LogP contribution in [-0.4, -0.2) is 25.2 Å². The molecular weight excluding hydrogens is 260 g/mol. The Hall–Kier alpha value is -1.59. The van der Waals surface area contributed by atoms with Crippen LogP contribution in [0.25, 0.3) is 11.3 Å². The number of nitrogens with two attached hydrogens (primary N) is 1. The molecule has 0 bridgehead atoms. The first-order chi connectivity index (χ1) is 9.13. The van der Waals surface area contributed by atoms with Gasteiger partial charge in [-0.2, -0.15) is 0 Å². The van der Waals surface area contributed by atoms with Gasteiger partial charge in [0.15, 0.2) is 11.5 Å². The number of ether oxygens (including phenoxy) is 2. The molecule has 0 saturated carbocycles. The fourth-order valence-electron chi connectivity index (χ4n) is 1.81. The van der Waals surface area contributed by atoms with Crippen LogP contribution in [0.5, 0.6) is 11.5 Å². The van der Waals surface area contributed by atoms with E-state index in [0.29, 0.717) is 5.75 Å². The number of nitrogens with zero attached hydrogens (tertiary/aromatic N) is 1. The lowest BCUT2D eigenvalue weighted by Gasteiger charge is -2.08. The number of hydrogen-bond acceptors (Lipinski definition) is 5. The van der Waals surface area contributed by atoms with Crippen LogP contribution in [-0.2, 0) is 6.42 Å². The first-order valence-electron chi connectivity index (χ1n) is 6.06. The Bertz CT molecular complexity index is 552. The molecule has 2 N–H and O–H groups in total. The maximum atomic E-state index is 5.79. The second-order valence-electron chi connectivity index (χ2n) is 4.38. The van der Waals surface area contributed by atoms with Crippen LogP contribution >= 0.6 is 11.3 Å². The molecule has 0 spiro atoms. The van der Waals surface area contributed by atoms with E-state index in [-0.39, 0.29) is 6.04 Å². The van der Waals surface area contributed by atoms with Crippen LogP contribution in [0.15, 0.2) is 23.6 Å². The predicted molar refractivity (Wildman–Crippen MR) is 78.0 cm³/mol. The second-order valence-corrected chi connectivity index (χ2v) is 5.32. The minimum atomic E-state index is 0.129. The van der Waals surface area contributed by atoms with Crippen molar-refractivity contribution in [3.63, 3.8) is 0 Å². The zero-order chi connectivity index (χ0) is 13.8. The molecule has 2 rings (SSSR count). The maximum absolute atomic E-state index is 5.79. The van der Waals surface area contributed by atoms with E-state index in [1.165, 1.54) is 0 Å². The Morgan fingerprint density at radius 3 is 2.63 bits per heavy atom. The van der Waals surface area contributed by atoms with E-state index in [0.717, 1.165) is 28.4 Å². The Labute approximate surface area is 117 Å². The van der Waals surface area contributed by atoms with Crippen molar-refractivity contribution < 1.29 is 9.47 Å². The highest BCUT2D eigenvalue weighted by Gasteiger charge is 2.10. The molecule has 1 aromatic carbocycles. The normalized spacial score (nSPS) is 12.2. The third kappa shape index (κ3) is 3.24. The van der Waals surface area contributed by atoms with Gasteiger partial charge in [0.2, 0.25) is 0 Å². The summed E-state index contributed by atoms with van der Waals surface area (Å²) in [6.45, 7) is 1.98. The standard InChI is InChI=1S/C14H18N2O2S/c1-9(15)6-14-16-11(8-19-14)10-4-5-12(17-2)13(7-10)18-3/h4-5,7-9H,6,15H2,1-3H3. The molecule has 1 atom stereocenters. The van der Waals surface area contributed by atoms with Gasteiger partial charge in [0, 0.05) is 23.4 Å². The molecule has 5 heteroatoms. The number of aromatic nitrogens is 1. The number of methoxy groups -OCH3 is 2. The highest BCUT2D eigenvalue weighted by atomic mass is 32.1. The SMILES string of the molecule is COc1ccc(-c2csc(CC(C)N)n2)cc1OC. The Morgan fingerprint density at radius 1 is 1.26 bits per heavy atom. The number of benzene rings is 1. The number of rotatable bonds is 5. The maximum Gasteiger partial charge on any atom is 0.161 e. The van der Waals surface area contributed by atoms with Crippen molar-refractivity contribution in [3.8, 4) is 22.8 Å². The zero-order valence-electron chi connectivity index (χ0n) is 11.3. The average molecular weight is 278 g/mol. The zero-order valence-corrected chi connectivity index (χ0v) is 12.2. The molecule has 0 radical (unpaired) electrons. The summed E-state index contributed by atoms with van der Waals surface area (Å²) in [5, 5.41) is 3.10. The summed E-state index contributed by atoms with van der Waals surface area (Å²) in [5.41, 5.74) is 7.75. The molecule has 1 heterocycles. The Balaban J connectivity index is 2.28. The van der Waals surface area contributed by atoms with Crippen LogP contribution in [0.4, 0.5) is 0 Å². The summed E-state index contributed by atoms with van der Waals surface area (Å²) in [5.74, 6) is 1.43. The van der Waals surface area contributed by atoms with E-state index >= 15 is 0 Å². The van der Waals surface area contributed by atoms with Crippen molar-refractivity contribution in [3.05, 3.63) is 28.6 Å². The first kappa shape index (κ1) is 13.8. The molecule has 0 amide bonds. The quantitative estimate of drug-likeness (QED) is 0.913. The van der Waals surface area contributed by atoms with Crippen molar-refractivity contribution in [1.29, 1.82) is 0 Å². The smallest absolute Gasteiger partial charge is 0.161 e. The average Bonchev–Trinajstić information content (AvgIpc) is 2.85. The van der Waals surface area contributed by atoms with Gasteiger partial charge >= 0.3 is 0 Å². The summed E-state index contributed by atoms with van der Waals surface area (Å²) in [6, 6.07) is 5.93. The fourth-order valence-corrected chi connectivity index (χ4v) is 2.75. The molecule has 0 aliphatic heterocycles. The fraction of sp³-hybridized carbons (Fsp3) is 0.357. The summed E-state index contributed by atoms with van der Waals surface area (Å²) >= 11 is 1.63. The number of thiazole rings is 1. The lowest BCUT2D eigenvalue weighted by Crippen LogP contribution is -2.17. The first-order valence-corrected chi connectivity index (χ1v) is 6.94. The van der Waals surface area contributed by atoms with Gasteiger partial charge in [0.1, 0.15) is 0 Å². The van der Waals surface area contributed by atoms with Gasteiger partial charge in [0.25, 0.3) is 0 Å². The van der Waals surface area contributed by atoms with Gasteiger partial charge in [-0.15, -0.1) is 11.3 Å². The van der Waals surface area contributed by atoms with E-state index in [9.17, 15) is 0 Å². The Morgan fingerprint density at radius 2 is 2.00 bits per heavy atom. The molecule has 19 heavy (non-hydrogen) atoms. The van der Waals surface area contributed by atoms with E-state index in [1.54, 1.807) is 25.6 Å². The summed E-state index contributed by atoms with van der Waals surface area (Å²) in [6.07, 6.45) is 0.804. The summed E-state index contributed by atoms with van der Waals surface area (Å²) in [7, 11) is 3.26. The minimum Gasteiger partial charge on any atom is -0.493 e. The van der Waals surface area contributed by atoms with E-state index < -0.39 is 0 Å². The minimum absolute atomic E-state index is 0.129. The van der Waals surface area contributed by atoms with Gasteiger partial charge in [-0.3, -0.25) is 0 Å². The van der Waals surface area contributed by atoms with Crippen LogP contribution in [0, 0.1) is 0 Å². The van der Waals surface area contributed by atoms with Crippen molar-refractivity contribution in [2.24, 2.45) is 5.73 Å². The van der Waals surface area contributed by atoms with Crippen molar-refractivity contribution >= 4 is 11.3 Å². The third-order valence-electron chi connectivity index (χ3n) is 2.73. The third-order valence-corrected chi connectivity index (χ3v) is 3.60. The molecule has 1 unspecified atom stereocenters. The van der Waals surface area contributed by atoms with Gasteiger partial charge in [-0.05, 0) is 25.1 Å². The molecule has 0 aliphatic carbocycles. The van der Waals surface area contributed by atoms with Gasteiger partial charge in [0.05, 0.1) is 24.9 Å². The lowest BCUT2D eigenvalue weighted by atomic mass is 10.1. The van der Waals surface area contributed by atoms with Crippen molar-refractivity contribution in [2.45, 2.75) is 19.4 Å². The van der Waals surface area contributed by atoms with Crippen molar-refractivity contribution in [2.75, 3.05) is 14.2 Å². The molecule has 4 nitrogen and oxygen atoms in total. The highest BCUT2D eigenvalue weighted by Crippen LogP contribution is 2.32. The van der Waals surface area contributed by atoms with Gasteiger partial charge in [-0.1, -0.05) is 0 Å². The Kier molecular flexibility index (Phi) is 4.39. The van der Waals surface area contributed by atoms with Crippen molar-refractivity contribution in [1.82, 2.24) is 4.98 Å². The van der Waals surface area contributed by atoms with Crippen LogP contribution in [0.2, 0.25) is 0 Å². The molecule has 1 aromatic heterocycles.